The van der Waals surface area contributed by atoms with Crippen LogP contribution in [0, 0.1) is 11.6 Å². The molecule has 0 saturated carbocycles. The van der Waals surface area contributed by atoms with E-state index in [4.69, 9.17) is 15.2 Å². The van der Waals surface area contributed by atoms with Gasteiger partial charge in [-0.1, -0.05) is 0 Å². The van der Waals surface area contributed by atoms with E-state index in [0.29, 0.717) is 6.61 Å². The Labute approximate surface area is 92.1 Å². The maximum atomic E-state index is 13.1. The summed E-state index contributed by atoms with van der Waals surface area (Å²) < 4.78 is 36.5. The van der Waals surface area contributed by atoms with Gasteiger partial charge in [-0.05, 0) is 12.8 Å². The molecule has 0 amide bonds. The second kappa shape index (κ2) is 4.65. The quantitative estimate of drug-likeness (QED) is 0.807. The monoisotopic (exact) mass is 229 g/mol. The van der Waals surface area contributed by atoms with Gasteiger partial charge in [-0.25, -0.2) is 8.78 Å². The fourth-order valence-corrected chi connectivity index (χ4v) is 1.64. The zero-order chi connectivity index (χ0) is 11.5. The predicted octanol–water partition coefficient (Wildman–Crippen LogP) is 2.10. The van der Waals surface area contributed by atoms with Gasteiger partial charge in [0.1, 0.15) is 23.9 Å². The van der Waals surface area contributed by atoms with E-state index in [1.807, 2.05) is 0 Å². The fourth-order valence-electron chi connectivity index (χ4n) is 1.64. The predicted molar refractivity (Wildman–Crippen MR) is 55.2 cm³/mol. The first-order chi connectivity index (χ1) is 7.66. The molecule has 1 atom stereocenters. The lowest BCUT2D eigenvalue weighted by molar-refractivity contribution is 0.0680. The van der Waals surface area contributed by atoms with Gasteiger partial charge in [0.2, 0.25) is 0 Å². The van der Waals surface area contributed by atoms with E-state index in [1.54, 1.807) is 0 Å². The van der Waals surface area contributed by atoms with Crippen molar-refractivity contribution in [3.05, 3.63) is 23.8 Å². The van der Waals surface area contributed by atoms with Gasteiger partial charge >= 0.3 is 0 Å². The van der Waals surface area contributed by atoms with Crippen molar-refractivity contribution >= 4 is 5.69 Å². The molecule has 0 spiro atoms. The SMILES string of the molecule is Nc1c(F)cc(F)cc1OCC1CCCO1. The van der Waals surface area contributed by atoms with E-state index in [1.165, 1.54) is 0 Å². The van der Waals surface area contributed by atoms with Gasteiger partial charge in [0.15, 0.2) is 5.82 Å². The number of hydrogen-bond acceptors (Lipinski definition) is 3. The highest BCUT2D eigenvalue weighted by molar-refractivity contribution is 5.53. The minimum Gasteiger partial charge on any atom is -0.489 e. The first kappa shape index (κ1) is 11.1. The first-order valence-corrected chi connectivity index (χ1v) is 5.16. The molecule has 16 heavy (non-hydrogen) atoms. The van der Waals surface area contributed by atoms with Crippen molar-refractivity contribution in [3.8, 4) is 5.75 Å². The Kier molecular flexibility index (Phi) is 3.24. The van der Waals surface area contributed by atoms with Crippen LogP contribution >= 0.6 is 0 Å². The molecular weight excluding hydrogens is 216 g/mol. The van der Waals surface area contributed by atoms with Crippen molar-refractivity contribution in [3.63, 3.8) is 0 Å². The molecule has 1 aliphatic heterocycles. The molecule has 0 bridgehead atoms. The first-order valence-electron chi connectivity index (χ1n) is 5.16. The van der Waals surface area contributed by atoms with Gasteiger partial charge in [-0.15, -0.1) is 0 Å². The number of ether oxygens (including phenoxy) is 2. The van der Waals surface area contributed by atoms with Gasteiger partial charge in [0.05, 0.1) is 6.10 Å². The lowest BCUT2D eigenvalue weighted by Gasteiger charge is -2.13. The standard InChI is InChI=1S/C11H13F2NO2/c12-7-4-9(13)11(14)10(5-7)16-6-8-2-1-3-15-8/h4-5,8H,1-3,6,14H2. The van der Waals surface area contributed by atoms with Crippen LogP contribution in [0.4, 0.5) is 14.5 Å². The van der Waals surface area contributed by atoms with Crippen LogP contribution in [-0.4, -0.2) is 19.3 Å². The Bertz CT molecular complexity index is 378. The van der Waals surface area contributed by atoms with Gasteiger partial charge in [-0.3, -0.25) is 0 Å². The van der Waals surface area contributed by atoms with E-state index in [2.05, 4.69) is 0 Å². The van der Waals surface area contributed by atoms with Crippen LogP contribution in [0.2, 0.25) is 0 Å². The largest absolute Gasteiger partial charge is 0.489 e. The average molecular weight is 229 g/mol. The fraction of sp³-hybridized carbons (Fsp3) is 0.455. The molecule has 1 heterocycles. The average Bonchev–Trinajstić information content (AvgIpc) is 2.74. The molecule has 88 valence electrons. The molecule has 1 saturated heterocycles. The van der Waals surface area contributed by atoms with Gasteiger partial charge < -0.3 is 15.2 Å². The van der Waals surface area contributed by atoms with Crippen LogP contribution in [0.3, 0.4) is 0 Å². The van der Waals surface area contributed by atoms with E-state index >= 15 is 0 Å². The Morgan fingerprint density at radius 3 is 2.94 bits per heavy atom. The topological polar surface area (TPSA) is 44.5 Å². The molecule has 1 unspecified atom stereocenters. The molecule has 1 fully saturated rings. The molecule has 1 aromatic carbocycles. The highest BCUT2D eigenvalue weighted by Crippen LogP contribution is 2.26. The zero-order valence-corrected chi connectivity index (χ0v) is 8.71. The van der Waals surface area contributed by atoms with Gasteiger partial charge in [0, 0.05) is 18.7 Å². The molecule has 0 aromatic heterocycles. The van der Waals surface area contributed by atoms with Crippen LogP contribution in [0.1, 0.15) is 12.8 Å². The molecule has 0 radical (unpaired) electrons. The highest BCUT2D eigenvalue weighted by atomic mass is 19.1. The Morgan fingerprint density at radius 2 is 2.25 bits per heavy atom. The number of nitrogen functional groups attached to an aromatic ring is 1. The van der Waals surface area contributed by atoms with Crippen molar-refractivity contribution in [2.24, 2.45) is 0 Å². The third-order valence-electron chi connectivity index (χ3n) is 2.51. The van der Waals surface area contributed by atoms with Gasteiger partial charge in [0.25, 0.3) is 0 Å². The summed E-state index contributed by atoms with van der Waals surface area (Å²) in [6, 6.07) is 1.81. The second-order valence-corrected chi connectivity index (χ2v) is 3.75. The highest BCUT2D eigenvalue weighted by Gasteiger charge is 2.17. The molecule has 1 aliphatic rings. The van der Waals surface area contributed by atoms with Crippen molar-refractivity contribution in [2.45, 2.75) is 18.9 Å². The van der Waals surface area contributed by atoms with Crippen LogP contribution in [-0.2, 0) is 4.74 Å². The van der Waals surface area contributed by atoms with E-state index < -0.39 is 11.6 Å². The number of halogens is 2. The zero-order valence-electron chi connectivity index (χ0n) is 8.71. The van der Waals surface area contributed by atoms with Crippen molar-refractivity contribution in [1.29, 1.82) is 0 Å². The molecule has 2 rings (SSSR count). The van der Waals surface area contributed by atoms with Crippen LogP contribution in [0.15, 0.2) is 12.1 Å². The van der Waals surface area contributed by atoms with Crippen LogP contribution < -0.4 is 10.5 Å². The van der Waals surface area contributed by atoms with Crippen molar-refractivity contribution in [2.75, 3.05) is 18.9 Å². The Balaban J connectivity index is 2.02. The summed E-state index contributed by atoms with van der Waals surface area (Å²) in [6.07, 6.45) is 1.88. The third kappa shape index (κ3) is 2.41. The molecular formula is C11H13F2NO2. The lowest BCUT2D eigenvalue weighted by Crippen LogP contribution is -2.17. The Hall–Kier alpha value is -1.36. The summed E-state index contributed by atoms with van der Waals surface area (Å²) in [5, 5.41) is 0. The number of nitrogens with two attached hydrogens (primary N) is 1. The van der Waals surface area contributed by atoms with E-state index in [0.717, 1.165) is 25.0 Å². The minimum absolute atomic E-state index is 0.00858. The molecule has 1 aromatic rings. The summed E-state index contributed by atoms with van der Waals surface area (Å²) in [7, 11) is 0. The summed E-state index contributed by atoms with van der Waals surface area (Å²) >= 11 is 0. The number of hydrogen-bond donors (Lipinski definition) is 1. The molecule has 2 N–H and O–H groups in total. The summed E-state index contributed by atoms with van der Waals surface area (Å²) in [4.78, 5) is 0. The summed E-state index contributed by atoms with van der Waals surface area (Å²) in [5.41, 5.74) is 5.26. The number of anilines is 1. The maximum absolute atomic E-state index is 13.1. The smallest absolute Gasteiger partial charge is 0.152 e. The summed E-state index contributed by atoms with van der Waals surface area (Å²) in [6.45, 7) is 0.980. The summed E-state index contributed by atoms with van der Waals surface area (Å²) in [5.74, 6) is -1.47. The van der Waals surface area contributed by atoms with Crippen LogP contribution in [0.5, 0.6) is 5.75 Å². The van der Waals surface area contributed by atoms with Gasteiger partial charge in [-0.2, -0.15) is 0 Å². The molecule has 0 aliphatic carbocycles. The van der Waals surface area contributed by atoms with E-state index in [9.17, 15) is 8.78 Å². The Morgan fingerprint density at radius 1 is 1.44 bits per heavy atom. The third-order valence-corrected chi connectivity index (χ3v) is 2.51. The van der Waals surface area contributed by atoms with Crippen LogP contribution in [0.25, 0.3) is 0 Å². The normalized spacial score (nSPS) is 20.0. The van der Waals surface area contributed by atoms with Crippen molar-refractivity contribution in [1.82, 2.24) is 0 Å². The number of benzene rings is 1. The second-order valence-electron chi connectivity index (χ2n) is 3.75. The minimum atomic E-state index is -0.803. The lowest BCUT2D eigenvalue weighted by atomic mass is 10.2. The van der Waals surface area contributed by atoms with Crippen molar-refractivity contribution < 1.29 is 18.3 Å². The molecule has 5 heteroatoms. The number of rotatable bonds is 3. The molecule has 3 nitrogen and oxygen atoms in total. The maximum Gasteiger partial charge on any atom is 0.152 e. The van der Waals surface area contributed by atoms with E-state index in [-0.39, 0.29) is 24.1 Å².